The zero-order valence-electron chi connectivity index (χ0n) is 16.7. The minimum Gasteiger partial charge on any atom is -0.481 e. The Hall–Kier alpha value is -2.89. The molecule has 0 saturated carbocycles. The third kappa shape index (κ3) is 3.94. The number of aryl methyl sites for hydroxylation is 3. The van der Waals surface area contributed by atoms with E-state index in [0.717, 1.165) is 28.0 Å². The number of benzene rings is 1. The monoisotopic (exact) mass is 366 g/mol. The number of carbonyl (C=O) groups excluding carboxylic acids is 1. The van der Waals surface area contributed by atoms with Crippen molar-refractivity contribution in [2.24, 2.45) is 7.05 Å². The van der Waals surface area contributed by atoms with E-state index >= 15 is 0 Å². The highest BCUT2D eigenvalue weighted by Gasteiger charge is 2.17. The van der Waals surface area contributed by atoms with Crippen molar-refractivity contribution in [1.82, 2.24) is 14.8 Å². The van der Waals surface area contributed by atoms with Crippen LogP contribution in [0.25, 0.3) is 11.0 Å². The van der Waals surface area contributed by atoms with Gasteiger partial charge in [-0.2, -0.15) is 5.10 Å². The molecule has 6 heteroatoms. The van der Waals surface area contributed by atoms with Crippen molar-refractivity contribution < 1.29 is 9.53 Å². The molecule has 0 aliphatic heterocycles. The molecule has 0 spiro atoms. The summed E-state index contributed by atoms with van der Waals surface area (Å²) in [7, 11) is 1.85. The molecule has 27 heavy (non-hydrogen) atoms. The third-order valence-electron chi connectivity index (χ3n) is 4.68. The van der Waals surface area contributed by atoms with Gasteiger partial charge in [0.1, 0.15) is 5.75 Å². The summed E-state index contributed by atoms with van der Waals surface area (Å²) in [4.78, 5) is 17.0. The van der Waals surface area contributed by atoms with Crippen LogP contribution in [0, 0.1) is 13.8 Å². The lowest BCUT2D eigenvalue weighted by molar-refractivity contribution is -0.122. The van der Waals surface area contributed by atoms with Crippen LogP contribution in [0.3, 0.4) is 0 Å². The summed E-state index contributed by atoms with van der Waals surface area (Å²) < 4.78 is 7.67. The topological polar surface area (TPSA) is 69.0 Å². The molecule has 1 unspecified atom stereocenters. The number of ether oxygens (including phenoxy) is 1. The van der Waals surface area contributed by atoms with Crippen LogP contribution in [-0.2, 0) is 11.8 Å². The van der Waals surface area contributed by atoms with Gasteiger partial charge >= 0.3 is 0 Å². The van der Waals surface area contributed by atoms with Gasteiger partial charge in [0.25, 0.3) is 5.91 Å². The van der Waals surface area contributed by atoms with Crippen molar-refractivity contribution in [2.45, 2.75) is 46.6 Å². The van der Waals surface area contributed by atoms with Gasteiger partial charge < -0.3 is 10.1 Å². The number of pyridine rings is 1. The van der Waals surface area contributed by atoms with Crippen molar-refractivity contribution in [3.8, 4) is 5.75 Å². The summed E-state index contributed by atoms with van der Waals surface area (Å²) >= 11 is 0. The number of anilines is 1. The second-order valence-electron chi connectivity index (χ2n) is 7.23. The highest BCUT2D eigenvalue weighted by atomic mass is 16.5. The largest absolute Gasteiger partial charge is 0.481 e. The van der Waals surface area contributed by atoms with Gasteiger partial charge in [-0.1, -0.05) is 26.0 Å². The molecule has 3 aromatic rings. The zero-order chi connectivity index (χ0) is 19.7. The highest BCUT2D eigenvalue weighted by Crippen LogP contribution is 2.25. The summed E-state index contributed by atoms with van der Waals surface area (Å²) in [5.74, 6) is 0.921. The van der Waals surface area contributed by atoms with Gasteiger partial charge in [-0.05, 0) is 49.9 Å². The molecule has 1 atom stereocenters. The van der Waals surface area contributed by atoms with E-state index in [4.69, 9.17) is 4.74 Å². The van der Waals surface area contributed by atoms with Crippen molar-refractivity contribution in [2.75, 3.05) is 5.32 Å². The van der Waals surface area contributed by atoms with E-state index in [-0.39, 0.29) is 5.91 Å². The maximum atomic E-state index is 12.6. The van der Waals surface area contributed by atoms with Crippen molar-refractivity contribution in [3.05, 3.63) is 47.3 Å². The van der Waals surface area contributed by atoms with Crippen LogP contribution in [0.5, 0.6) is 5.75 Å². The van der Waals surface area contributed by atoms with Crippen LogP contribution < -0.4 is 10.1 Å². The van der Waals surface area contributed by atoms with Crippen LogP contribution in [0.4, 0.5) is 5.69 Å². The zero-order valence-corrected chi connectivity index (χ0v) is 16.7. The first-order valence-electron chi connectivity index (χ1n) is 9.13. The van der Waals surface area contributed by atoms with E-state index in [1.807, 2.05) is 39.1 Å². The molecule has 3 rings (SSSR count). The fourth-order valence-corrected chi connectivity index (χ4v) is 2.97. The minimum absolute atomic E-state index is 0.216. The molecule has 6 nitrogen and oxygen atoms in total. The van der Waals surface area contributed by atoms with Gasteiger partial charge in [0.05, 0.1) is 17.6 Å². The second kappa shape index (κ2) is 7.39. The molecule has 142 valence electrons. The Morgan fingerprint density at radius 2 is 1.93 bits per heavy atom. The molecular formula is C21H26N4O2. The van der Waals surface area contributed by atoms with Gasteiger partial charge in [0.2, 0.25) is 0 Å². The number of hydrogen-bond acceptors (Lipinski definition) is 4. The summed E-state index contributed by atoms with van der Waals surface area (Å²) in [5.41, 5.74) is 4.49. The number of aromatic nitrogens is 3. The maximum Gasteiger partial charge on any atom is 0.265 e. The number of nitrogens with one attached hydrogen (secondary N) is 1. The van der Waals surface area contributed by atoms with Crippen LogP contribution in [-0.4, -0.2) is 26.8 Å². The fraction of sp³-hybridized carbons (Fsp3) is 0.381. The molecule has 0 aliphatic carbocycles. The van der Waals surface area contributed by atoms with E-state index < -0.39 is 6.10 Å². The van der Waals surface area contributed by atoms with Gasteiger partial charge in [-0.15, -0.1) is 0 Å². The highest BCUT2D eigenvalue weighted by molar-refractivity contribution is 5.95. The lowest BCUT2D eigenvalue weighted by atomic mass is 10.0. The second-order valence-corrected chi connectivity index (χ2v) is 7.23. The molecule has 2 aromatic heterocycles. The van der Waals surface area contributed by atoms with E-state index in [1.165, 1.54) is 5.56 Å². The quantitative estimate of drug-likeness (QED) is 0.738. The predicted octanol–water partition coefficient (Wildman–Crippen LogP) is 4.11. The average Bonchev–Trinajstić information content (AvgIpc) is 2.90. The number of fused-ring (bicyclic) bond motifs is 1. The Kier molecular flexibility index (Phi) is 5.17. The van der Waals surface area contributed by atoms with E-state index in [2.05, 4.69) is 35.3 Å². The Labute approximate surface area is 159 Å². The Balaban J connectivity index is 1.74. The summed E-state index contributed by atoms with van der Waals surface area (Å²) in [6, 6.07) is 8.02. The first-order valence-corrected chi connectivity index (χ1v) is 9.13. The van der Waals surface area contributed by atoms with Crippen LogP contribution in [0.15, 0.2) is 30.5 Å². The number of amides is 1. The summed E-state index contributed by atoms with van der Waals surface area (Å²) in [6.07, 6.45) is 1.01. The molecule has 1 aromatic carbocycles. The van der Waals surface area contributed by atoms with Gasteiger partial charge in [-0.25, -0.2) is 4.98 Å². The molecule has 0 fully saturated rings. The first kappa shape index (κ1) is 18.9. The Morgan fingerprint density at radius 1 is 1.19 bits per heavy atom. The van der Waals surface area contributed by atoms with Crippen LogP contribution in [0.2, 0.25) is 0 Å². The molecule has 0 saturated heterocycles. The van der Waals surface area contributed by atoms with Gasteiger partial charge in [0, 0.05) is 12.4 Å². The van der Waals surface area contributed by atoms with E-state index in [1.54, 1.807) is 17.8 Å². The number of rotatable bonds is 5. The SMILES string of the molecule is Cc1ccc(C(C)C)cc1OC(C)C(=O)Nc1cnc2c(c1)c(C)nn2C. The molecule has 2 heterocycles. The van der Waals surface area contributed by atoms with Crippen molar-refractivity contribution in [1.29, 1.82) is 0 Å². The van der Waals surface area contributed by atoms with E-state index in [0.29, 0.717) is 11.6 Å². The van der Waals surface area contributed by atoms with Gasteiger partial charge in [-0.3, -0.25) is 9.48 Å². The van der Waals surface area contributed by atoms with Crippen LogP contribution in [0.1, 0.15) is 43.5 Å². The normalized spacial score (nSPS) is 12.4. The molecule has 0 aliphatic rings. The molecular weight excluding hydrogens is 340 g/mol. The standard InChI is InChI=1S/C21H26N4O2/c1-12(2)16-8-7-13(3)19(9-16)27-15(5)21(26)23-17-10-18-14(4)24-25(6)20(18)22-11-17/h7-12,15H,1-6H3,(H,23,26). The number of carbonyl (C=O) groups is 1. The number of nitrogens with zero attached hydrogens (tertiary/aromatic N) is 3. The summed E-state index contributed by atoms with van der Waals surface area (Å²) in [5, 5.41) is 8.15. The third-order valence-corrected chi connectivity index (χ3v) is 4.68. The smallest absolute Gasteiger partial charge is 0.265 e. The lowest BCUT2D eigenvalue weighted by Gasteiger charge is -2.18. The van der Waals surface area contributed by atoms with Crippen molar-refractivity contribution >= 4 is 22.6 Å². The van der Waals surface area contributed by atoms with Crippen LogP contribution >= 0.6 is 0 Å². The lowest BCUT2D eigenvalue weighted by Crippen LogP contribution is -2.30. The fourth-order valence-electron chi connectivity index (χ4n) is 2.97. The predicted molar refractivity (Wildman–Crippen MR) is 107 cm³/mol. The number of hydrogen-bond donors (Lipinski definition) is 1. The summed E-state index contributed by atoms with van der Waals surface area (Å²) in [6.45, 7) is 9.92. The molecule has 1 amide bonds. The Morgan fingerprint density at radius 3 is 2.63 bits per heavy atom. The molecule has 0 radical (unpaired) electrons. The van der Waals surface area contributed by atoms with Gasteiger partial charge in [0.15, 0.2) is 11.8 Å². The molecule has 1 N–H and O–H groups in total. The average molecular weight is 366 g/mol. The van der Waals surface area contributed by atoms with E-state index in [9.17, 15) is 4.79 Å². The molecule has 0 bridgehead atoms. The van der Waals surface area contributed by atoms with Crippen molar-refractivity contribution in [3.63, 3.8) is 0 Å². The maximum absolute atomic E-state index is 12.6. The Bertz CT molecular complexity index is 991. The minimum atomic E-state index is -0.628. The first-order chi connectivity index (χ1) is 12.8.